The summed E-state index contributed by atoms with van der Waals surface area (Å²) in [7, 11) is -2.08. The molecule has 0 radical (unpaired) electrons. The van der Waals surface area contributed by atoms with Crippen molar-refractivity contribution in [2.75, 3.05) is 18.9 Å². The Morgan fingerprint density at radius 3 is 2.42 bits per heavy atom. The Balaban J connectivity index is 2.39. The number of hydroxylamine groups is 1. The number of hydrogen-bond acceptors (Lipinski definition) is 4. The van der Waals surface area contributed by atoms with Crippen molar-refractivity contribution in [3.63, 3.8) is 0 Å². The van der Waals surface area contributed by atoms with Gasteiger partial charge in [-0.2, -0.15) is 12.6 Å². The van der Waals surface area contributed by atoms with Crippen LogP contribution in [0.15, 0.2) is 0 Å². The lowest BCUT2D eigenvalue weighted by atomic mass is 9.99. The van der Waals surface area contributed by atoms with Gasteiger partial charge in [0.2, 0.25) is 0 Å². The molecule has 0 aliphatic carbocycles. The second kappa shape index (κ2) is 14.6. The van der Waals surface area contributed by atoms with Crippen LogP contribution in [0.4, 0.5) is 0 Å². The molecule has 24 heavy (non-hydrogen) atoms. The highest BCUT2D eigenvalue weighted by Crippen LogP contribution is 2.27. The molecule has 1 heterocycles. The van der Waals surface area contributed by atoms with Gasteiger partial charge in [0.05, 0.1) is 0 Å². The number of nitrogens with one attached hydrogen (secondary N) is 1. The topological polar surface area (TPSA) is 30.5 Å². The molecule has 1 rings (SSSR count). The largest absolute Gasteiger partial charge is 0.393 e. The van der Waals surface area contributed by atoms with Gasteiger partial charge in [0.1, 0.15) is 0 Å². The Kier molecular flexibility index (Phi) is 13.7. The zero-order valence-electron chi connectivity index (χ0n) is 16.2. The second-order valence-corrected chi connectivity index (χ2v) is 11.1. The van der Waals surface area contributed by atoms with Crippen molar-refractivity contribution in [2.24, 2.45) is 5.92 Å². The van der Waals surface area contributed by atoms with E-state index in [0.29, 0.717) is 5.92 Å². The Morgan fingerprint density at radius 1 is 0.958 bits per heavy atom. The summed E-state index contributed by atoms with van der Waals surface area (Å²) in [5.41, 5.74) is 3.32. The van der Waals surface area contributed by atoms with Gasteiger partial charge < -0.3 is 8.95 Å². The lowest BCUT2D eigenvalue weighted by Gasteiger charge is -2.34. The van der Waals surface area contributed by atoms with Gasteiger partial charge in [-0.3, -0.25) is 0 Å². The summed E-state index contributed by atoms with van der Waals surface area (Å²) in [4.78, 5) is 0. The molecule has 2 atom stereocenters. The molecule has 0 bridgehead atoms. The number of thiol groups is 1. The maximum Gasteiger partial charge on any atom is 0.358 e. The van der Waals surface area contributed by atoms with E-state index in [1.807, 2.05) is 0 Å². The zero-order chi connectivity index (χ0) is 17.5. The van der Waals surface area contributed by atoms with Crippen LogP contribution in [0.3, 0.4) is 0 Å². The SMILES string of the molecule is CCCCCCCC[Si]1(CCCS)OCCC(CCCC)CNO1. The van der Waals surface area contributed by atoms with Gasteiger partial charge in [0.15, 0.2) is 0 Å². The first-order chi connectivity index (χ1) is 11.8. The smallest absolute Gasteiger partial charge is 0.358 e. The molecule has 0 spiro atoms. The van der Waals surface area contributed by atoms with Gasteiger partial charge in [-0.15, -0.1) is 0 Å². The normalized spacial score (nSPS) is 25.4. The Bertz CT molecular complexity index is 279. The summed E-state index contributed by atoms with van der Waals surface area (Å²) in [5.74, 6) is 1.63. The molecule has 1 fully saturated rings. The van der Waals surface area contributed by atoms with Crippen LogP contribution < -0.4 is 5.48 Å². The third-order valence-electron chi connectivity index (χ3n) is 5.11. The van der Waals surface area contributed by atoms with E-state index in [4.69, 9.17) is 8.95 Å². The number of rotatable bonds is 13. The molecule has 2 unspecified atom stereocenters. The van der Waals surface area contributed by atoms with Crippen LogP contribution in [0.5, 0.6) is 0 Å². The van der Waals surface area contributed by atoms with Crippen LogP contribution in [0, 0.1) is 5.92 Å². The molecular weight excluding hydrogens is 334 g/mol. The minimum absolute atomic E-state index is 0.705. The lowest BCUT2D eigenvalue weighted by molar-refractivity contribution is 0.0632. The molecule has 1 saturated heterocycles. The van der Waals surface area contributed by atoms with E-state index >= 15 is 0 Å². The van der Waals surface area contributed by atoms with E-state index in [1.165, 1.54) is 64.2 Å². The standard InChI is InChI=1S/C19H41NO2SSi/c1-3-5-7-8-9-10-16-24(17-11-15-23)21-14-13-19(12-6-4-2)18-20-22-24/h19-20,23H,3-18H2,1-2H3. The fraction of sp³-hybridized carbons (Fsp3) is 1.00. The van der Waals surface area contributed by atoms with Crippen molar-refractivity contribution in [3.05, 3.63) is 0 Å². The highest BCUT2D eigenvalue weighted by molar-refractivity contribution is 7.80. The van der Waals surface area contributed by atoms with Crippen LogP contribution in [-0.4, -0.2) is 27.5 Å². The van der Waals surface area contributed by atoms with Gasteiger partial charge in [-0.25, -0.2) is 5.48 Å². The van der Waals surface area contributed by atoms with Gasteiger partial charge in [-0.1, -0.05) is 65.2 Å². The summed E-state index contributed by atoms with van der Waals surface area (Å²) in [6, 6.07) is 2.22. The second-order valence-electron chi connectivity index (χ2n) is 7.35. The van der Waals surface area contributed by atoms with Crippen LogP contribution in [0.1, 0.15) is 84.5 Å². The van der Waals surface area contributed by atoms with Crippen molar-refractivity contribution in [3.8, 4) is 0 Å². The molecule has 0 aromatic rings. The molecule has 3 nitrogen and oxygen atoms in total. The van der Waals surface area contributed by atoms with E-state index in [9.17, 15) is 0 Å². The molecule has 1 N–H and O–H groups in total. The quantitative estimate of drug-likeness (QED) is 0.240. The van der Waals surface area contributed by atoms with Crippen LogP contribution in [0.2, 0.25) is 12.1 Å². The first kappa shape index (κ1) is 22.5. The Morgan fingerprint density at radius 2 is 1.67 bits per heavy atom. The van der Waals surface area contributed by atoms with Crippen molar-refractivity contribution in [1.82, 2.24) is 5.48 Å². The van der Waals surface area contributed by atoms with E-state index in [1.54, 1.807) is 0 Å². The van der Waals surface area contributed by atoms with Gasteiger partial charge in [0.25, 0.3) is 0 Å². The third kappa shape index (κ3) is 9.81. The summed E-state index contributed by atoms with van der Waals surface area (Å²) in [6.45, 7) is 6.43. The third-order valence-corrected chi connectivity index (χ3v) is 8.91. The van der Waals surface area contributed by atoms with E-state index < -0.39 is 8.56 Å². The fourth-order valence-corrected chi connectivity index (χ4v) is 7.07. The summed E-state index contributed by atoms with van der Waals surface area (Å²) >= 11 is 4.40. The molecule has 5 heteroatoms. The van der Waals surface area contributed by atoms with Gasteiger partial charge >= 0.3 is 8.56 Å². The summed E-state index contributed by atoms with van der Waals surface area (Å²) < 4.78 is 12.7. The van der Waals surface area contributed by atoms with E-state index in [0.717, 1.165) is 37.4 Å². The van der Waals surface area contributed by atoms with E-state index in [2.05, 4.69) is 32.0 Å². The molecular formula is C19H41NO2SSi. The molecule has 0 aromatic carbocycles. The summed E-state index contributed by atoms with van der Waals surface area (Å²) in [6.07, 6.45) is 14.2. The van der Waals surface area contributed by atoms with Crippen LogP contribution in [0.25, 0.3) is 0 Å². The van der Waals surface area contributed by atoms with Crippen molar-refractivity contribution < 1.29 is 8.95 Å². The van der Waals surface area contributed by atoms with Gasteiger partial charge in [0, 0.05) is 13.2 Å². The average Bonchev–Trinajstić information content (AvgIpc) is 2.57. The Labute approximate surface area is 157 Å². The number of hydrogen-bond donors (Lipinski definition) is 2. The Hall–Kier alpha value is 0.447. The predicted octanol–water partition coefficient (Wildman–Crippen LogP) is 5.86. The van der Waals surface area contributed by atoms with Crippen molar-refractivity contribution in [1.29, 1.82) is 0 Å². The maximum atomic E-state index is 6.43. The van der Waals surface area contributed by atoms with Crippen molar-refractivity contribution in [2.45, 2.75) is 96.6 Å². The predicted molar refractivity (Wildman–Crippen MR) is 110 cm³/mol. The first-order valence-corrected chi connectivity index (χ1v) is 13.3. The highest BCUT2D eigenvalue weighted by atomic mass is 32.1. The van der Waals surface area contributed by atoms with E-state index in [-0.39, 0.29) is 0 Å². The number of unbranched alkanes of at least 4 members (excludes halogenated alkanes) is 6. The highest BCUT2D eigenvalue weighted by Gasteiger charge is 2.38. The zero-order valence-corrected chi connectivity index (χ0v) is 18.0. The van der Waals surface area contributed by atoms with Crippen LogP contribution in [-0.2, 0) is 8.95 Å². The maximum absolute atomic E-state index is 6.43. The molecule has 0 aromatic heterocycles. The molecule has 0 saturated carbocycles. The molecule has 0 amide bonds. The first-order valence-electron chi connectivity index (χ1n) is 10.4. The molecule has 144 valence electrons. The summed E-state index contributed by atoms with van der Waals surface area (Å²) in [5, 5.41) is 0. The minimum atomic E-state index is -2.08. The monoisotopic (exact) mass is 375 g/mol. The molecule has 1 aliphatic heterocycles. The van der Waals surface area contributed by atoms with Crippen LogP contribution >= 0.6 is 12.6 Å². The average molecular weight is 376 g/mol. The molecule has 1 aliphatic rings. The fourth-order valence-electron chi connectivity index (χ4n) is 3.47. The minimum Gasteiger partial charge on any atom is -0.393 e. The van der Waals surface area contributed by atoms with Crippen molar-refractivity contribution >= 4 is 21.2 Å². The van der Waals surface area contributed by atoms with Gasteiger partial charge in [-0.05, 0) is 43.0 Å². The lowest BCUT2D eigenvalue weighted by Crippen LogP contribution is -2.49.